The first-order valence-electron chi connectivity index (χ1n) is 5.26. The molecule has 1 heterocycles. The lowest BCUT2D eigenvalue weighted by Crippen LogP contribution is -2.33. The van der Waals surface area contributed by atoms with E-state index in [0.717, 1.165) is 12.2 Å². The standard InChI is InChI=1S/C11H16FN3OS/c1-7(4-6-17-2)15-11(16)8-3-5-14-10(13)9(8)12/h3,5,7H,4,6H2,1-2H3,(H2,13,14)(H,15,16). The van der Waals surface area contributed by atoms with Crippen LogP contribution in [0, 0.1) is 5.82 Å². The van der Waals surface area contributed by atoms with Crippen molar-refractivity contribution in [1.82, 2.24) is 10.3 Å². The normalized spacial score (nSPS) is 12.2. The van der Waals surface area contributed by atoms with Crippen molar-refractivity contribution >= 4 is 23.5 Å². The number of hydrogen-bond acceptors (Lipinski definition) is 4. The number of aromatic nitrogens is 1. The lowest BCUT2D eigenvalue weighted by Gasteiger charge is -2.13. The molecule has 1 aromatic heterocycles. The summed E-state index contributed by atoms with van der Waals surface area (Å²) in [5.41, 5.74) is 5.24. The molecule has 1 atom stereocenters. The van der Waals surface area contributed by atoms with E-state index in [1.807, 2.05) is 13.2 Å². The van der Waals surface area contributed by atoms with Gasteiger partial charge < -0.3 is 11.1 Å². The quantitative estimate of drug-likeness (QED) is 0.842. The molecule has 0 aliphatic carbocycles. The molecule has 4 nitrogen and oxygen atoms in total. The third-order valence-corrected chi connectivity index (χ3v) is 2.94. The molecule has 94 valence electrons. The van der Waals surface area contributed by atoms with Gasteiger partial charge in [-0.3, -0.25) is 4.79 Å². The van der Waals surface area contributed by atoms with Gasteiger partial charge >= 0.3 is 0 Å². The van der Waals surface area contributed by atoms with Crippen LogP contribution in [-0.4, -0.2) is 28.9 Å². The predicted octanol–water partition coefficient (Wildman–Crippen LogP) is 1.67. The van der Waals surface area contributed by atoms with Crippen molar-refractivity contribution < 1.29 is 9.18 Å². The summed E-state index contributed by atoms with van der Waals surface area (Å²) < 4.78 is 13.5. The molecule has 0 spiro atoms. The minimum atomic E-state index is -0.762. The van der Waals surface area contributed by atoms with Gasteiger partial charge in [0.15, 0.2) is 11.6 Å². The molecule has 0 radical (unpaired) electrons. The lowest BCUT2D eigenvalue weighted by atomic mass is 10.2. The van der Waals surface area contributed by atoms with E-state index in [9.17, 15) is 9.18 Å². The third-order valence-electron chi connectivity index (χ3n) is 2.29. The van der Waals surface area contributed by atoms with Gasteiger partial charge in [0.05, 0.1) is 5.56 Å². The Balaban J connectivity index is 2.67. The van der Waals surface area contributed by atoms with E-state index >= 15 is 0 Å². The first kappa shape index (κ1) is 13.8. The summed E-state index contributed by atoms with van der Waals surface area (Å²) in [6, 6.07) is 1.33. The number of amides is 1. The monoisotopic (exact) mass is 257 g/mol. The highest BCUT2D eigenvalue weighted by atomic mass is 32.2. The first-order chi connectivity index (χ1) is 8.06. The van der Waals surface area contributed by atoms with Gasteiger partial charge in [-0.25, -0.2) is 9.37 Å². The number of nitrogens with zero attached hydrogens (tertiary/aromatic N) is 1. The zero-order valence-electron chi connectivity index (χ0n) is 9.87. The summed E-state index contributed by atoms with van der Waals surface area (Å²) in [4.78, 5) is 15.3. The SMILES string of the molecule is CSCCC(C)NC(=O)c1ccnc(N)c1F. The largest absolute Gasteiger partial charge is 0.381 e. The average Bonchev–Trinajstić information content (AvgIpc) is 2.29. The number of hydrogen-bond donors (Lipinski definition) is 2. The van der Waals surface area contributed by atoms with Crippen LogP contribution >= 0.6 is 11.8 Å². The fourth-order valence-electron chi connectivity index (χ4n) is 1.30. The number of halogens is 1. The van der Waals surface area contributed by atoms with Gasteiger partial charge in [0.2, 0.25) is 0 Å². The van der Waals surface area contributed by atoms with Gasteiger partial charge in [-0.1, -0.05) is 0 Å². The van der Waals surface area contributed by atoms with Gasteiger partial charge in [0.25, 0.3) is 5.91 Å². The third kappa shape index (κ3) is 3.89. The number of nitrogens with two attached hydrogens (primary N) is 1. The van der Waals surface area contributed by atoms with Crippen molar-refractivity contribution in [2.45, 2.75) is 19.4 Å². The molecule has 1 amide bonds. The van der Waals surface area contributed by atoms with Crippen LogP contribution < -0.4 is 11.1 Å². The Labute approximate surface area is 104 Å². The van der Waals surface area contributed by atoms with Crippen LogP contribution in [0.5, 0.6) is 0 Å². The number of anilines is 1. The summed E-state index contributed by atoms with van der Waals surface area (Å²) in [6.07, 6.45) is 4.16. The van der Waals surface area contributed by atoms with E-state index in [1.54, 1.807) is 11.8 Å². The molecule has 1 rings (SSSR count). The smallest absolute Gasteiger partial charge is 0.254 e. The Morgan fingerprint density at radius 2 is 2.41 bits per heavy atom. The predicted molar refractivity (Wildman–Crippen MR) is 68.5 cm³/mol. The highest BCUT2D eigenvalue weighted by Gasteiger charge is 2.16. The minimum absolute atomic E-state index is 0.00346. The molecule has 0 bridgehead atoms. The van der Waals surface area contributed by atoms with Gasteiger partial charge in [0, 0.05) is 12.2 Å². The maximum Gasteiger partial charge on any atom is 0.254 e. The van der Waals surface area contributed by atoms with Crippen LogP contribution in [-0.2, 0) is 0 Å². The number of rotatable bonds is 5. The van der Waals surface area contributed by atoms with Crippen LogP contribution in [0.4, 0.5) is 10.2 Å². The zero-order chi connectivity index (χ0) is 12.8. The maximum atomic E-state index is 13.5. The van der Waals surface area contributed by atoms with E-state index < -0.39 is 11.7 Å². The van der Waals surface area contributed by atoms with Crippen molar-refractivity contribution in [3.63, 3.8) is 0 Å². The summed E-state index contributed by atoms with van der Waals surface area (Å²) in [7, 11) is 0. The molecule has 0 aromatic carbocycles. The van der Waals surface area contributed by atoms with E-state index in [1.165, 1.54) is 12.3 Å². The number of pyridine rings is 1. The molecule has 0 aliphatic rings. The van der Waals surface area contributed by atoms with Gasteiger partial charge in [-0.2, -0.15) is 11.8 Å². The second-order valence-corrected chi connectivity index (χ2v) is 4.70. The number of thioether (sulfide) groups is 1. The molecule has 0 saturated carbocycles. The van der Waals surface area contributed by atoms with Crippen LogP contribution in [0.1, 0.15) is 23.7 Å². The number of nitrogen functional groups attached to an aromatic ring is 1. The van der Waals surface area contributed by atoms with Crippen molar-refractivity contribution in [2.75, 3.05) is 17.7 Å². The van der Waals surface area contributed by atoms with Gasteiger partial charge in [-0.15, -0.1) is 0 Å². The maximum absolute atomic E-state index is 13.5. The Kier molecular flexibility index (Phi) is 5.21. The Hall–Kier alpha value is -1.30. The van der Waals surface area contributed by atoms with Gasteiger partial charge in [-0.05, 0) is 31.4 Å². The number of carbonyl (C=O) groups excluding carboxylic acids is 1. The van der Waals surface area contributed by atoms with Crippen molar-refractivity contribution in [1.29, 1.82) is 0 Å². The molecular formula is C11H16FN3OS. The van der Waals surface area contributed by atoms with Crippen LogP contribution in [0.2, 0.25) is 0 Å². The molecule has 1 aromatic rings. The molecule has 0 saturated heterocycles. The van der Waals surface area contributed by atoms with Crippen LogP contribution in [0.3, 0.4) is 0 Å². The van der Waals surface area contributed by atoms with E-state index in [-0.39, 0.29) is 17.4 Å². The molecule has 0 aliphatic heterocycles. The Morgan fingerprint density at radius 1 is 1.71 bits per heavy atom. The summed E-state index contributed by atoms with van der Waals surface area (Å²) in [5.74, 6) is -0.524. The highest BCUT2D eigenvalue weighted by Crippen LogP contribution is 2.12. The molecular weight excluding hydrogens is 241 g/mol. The Bertz CT molecular complexity index is 400. The molecule has 3 N–H and O–H groups in total. The average molecular weight is 257 g/mol. The Morgan fingerprint density at radius 3 is 3.06 bits per heavy atom. The van der Waals surface area contributed by atoms with Crippen LogP contribution in [0.15, 0.2) is 12.3 Å². The first-order valence-corrected chi connectivity index (χ1v) is 6.65. The second-order valence-electron chi connectivity index (χ2n) is 3.71. The zero-order valence-corrected chi connectivity index (χ0v) is 10.7. The molecule has 1 unspecified atom stereocenters. The fraction of sp³-hybridized carbons (Fsp3) is 0.455. The summed E-state index contributed by atoms with van der Waals surface area (Å²) >= 11 is 1.70. The topological polar surface area (TPSA) is 68.0 Å². The minimum Gasteiger partial charge on any atom is -0.381 e. The summed E-state index contributed by atoms with van der Waals surface area (Å²) in [6.45, 7) is 1.89. The molecule has 17 heavy (non-hydrogen) atoms. The molecule has 6 heteroatoms. The lowest BCUT2D eigenvalue weighted by molar-refractivity contribution is 0.0935. The molecule has 0 fully saturated rings. The summed E-state index contributed by atoms with van der Waals surface area (Å²) in [5, 5.41) is 2.72. The van der Waals surface area contributed by atoms with E-state index in [4.69, 9.17) is 5.73 Å². The fourth-order valence-corrected chi connectivity index (χ4v) is 1.89. The van der Waals surface area contributed by atoms with Crippen LogP contribution in [0.25, 0.3) is 0 Å². The van der Waals surface area contributed by atoms with Gasteiger partial charge in [0.1, 0.15) is 0 Å². The van der Waals surface area contributed by atoms with Crippen molar-refractivity contribution in [2.24, 2.45) is 0 Å². The van der Waals surface area contributed by atoms with Crippen molar-refractivity contribution in [3.05, 3.63) is 23.6 Å². The van der Waals surface area contributed by atoms with E-state index in [2.05, 4.69) is 10.3 Å². The van der Waals surface area contributed by atoms with Crippen molar-refractivity contribution in [3.8, 4) is 0 Å². The van der Waals surface area contributed by atoms with E-state index in [0.29, 0.717) is 0 Å². The number of nitrogens with one attached hydrogen (secondary N) is 1. The highest BCUT2D eigenvalue weighted by molar-refractivity contribution is 7.98. The number of carbonyl (C=O) groups is 1. The second kappa shape index (κ2) is 6.44.